The molecule has 31 heavy (non-hydrogen) atoms. The van der Waals surface area contributed by atoms with Gasteiger partial charge in [0.1, 0.15) is 17.9 Å². The van der Waals surface area contributed by atoms with Crippen molar-refractivity contribution in [1.29, 1.82) is 0 Å². The lowest BCUT2D eigenvalue weighted by atomic mass is 10.1. The number of hydrogen-bond donors (Lipinski definition) is 1. The molecule has 2 heterocycles. The normalized spacial score (nSPS) is 10.9. The van der Waals surface area contributed by atoms with Gasteiger partial charge in [-0.2, -0.15) is 0 Å². The average molecular weight is 406 g/mol. The van der Waals surface area contributed by atoms with Crippen LogP contribution in [0.5, 0.6) is 5.75 Å². The van der Waals surface area contributed by atoms with Crippen molar-refractivity contribution in [2.24, 2.45) is 0 Å². The molecule has 0 aliphatic heterocycles. The van der Waals surface area contributed by atoms with Crippen molar-refractivity contribution < 1.29 is 4.74 Å². The molecule has 2 aromatic heterocycles. The minimum Gasteiger partial charge on any atom is -0.497 e. The third-order valence-electron chi connectivity index (χ3n) is 5.32. The zero-order valence-electron chi connectivity index (χ0n) is 17.2. The Labute approximate surface area is 181 Å². The van der Waals surface area contributed by atoms with Gasteiger partial charge >= 0.3 is 0 Å². The second-order valence-electron chi connectivity index (χ2n) is 7.24. The van der Waals surface area contributed by atoms with E-state index < -0.39 is 0 Å². The number of aromatic nitrogens is 3. The fraction of sp³-hybridized carbons (Fsp3) is 0.0769. The van der Waals surface area contributed by atoms with Crippen LogP contribution in [0.2, 0.25) is 0 Å². The Morgan fingerprint density at radius 1 is 0.839 bits per heavy atom. The number of fused-ring (bicyclic) bond motifs is 1. The number of nitrogens with zero attached hydrogens (tertiary/aromatic N) is 3. The van der Waals surface area contributed by atoms with Crippen LogP contribution in [0, 0.1) is 0 Å². The highest BCUT2D eigenvalue weighted by atomic mass is 16.5. The summed E-state index contributed by atoms with van der Waals surface area (Å²) in [6, 6.07) is 28.6. The molecule has 0 spiro atoms. The average Bonchev–Trinajstić information content (AvgIpc) is 3.24. The Balaban J connectivity index is 1.65. The molecular weight excluding hydrogens is 384 g/mol. The SMILES string of the molecule is COc1ccc(-n2cc(-c3ccccc3)c3c(NCc4ccccc4)ncnc32)cc1. The van der Waals surface area contributed by atoms with Gasteiger partial charge in [-0.05, 0) is 35.4 Å². The van der Waals surface area contributed by atoms with Crippen LogP contribution in [0.15, 0.2) is 97.5 Å². The Hall–Kier alpha value is -4.12. The molecule has 1 N–H and O–H groups in total. The van der Waals surface area contributed by atoms with Crippen LogP contribution in [-0.4, -0.2) is 21.6 Å². The lowest BCUT2D eigenvalue weighted by Crippen LogP contribution is -2.03. The van der Waals surface area contributed by atoms with Crippen LogP contribution >= 0.6 is 0 Å². The van der Waals surface area contributed by atoms with E-state index in [9.17, 15) is 0 Å². The number of ether oxygens (including phenoxy) is 1. The van der Waals surface area contributed by atoms with E-state index in [-0.39, 0.29) is 0 Å². The first-order valence-corrected chi connectivity index (χ1v) is 10.2. The maximum atomic E-state index is 5.32. The van der Waals surface area contributed by atoms with E-state index in [1.807, 2.05) is 60.7 Å². The van der Waals surface area contributed by atoms with Crippen molar-refractivity contribution >= 4 is 16.9 Å². The summed E-state index contributed by atoms with van der Waals surface area (Å²) in [6.45, 7) is 0.689. The number of anilines is 1. The molecule has 3 aromatic carbocycles. The lowest BCUT2D eigenvalue weighted by Gasteiger charge is -2.09. The van der Waals surface area contributed by atoms with E-state index in [2.05, 4.69) is 50.3 Å². The zero-order valence-corrected chi connectivity index (χ0v) is 17.2. The summed E-state index contributed by atoms with van der Waals surface area (Å²) < 4.78 is 7.42. The van der Waals surface area contributed by atoms with Gasteiger partial charge in [-0.1, -0.05) is 60.7 Å². The molecule has 0 unspecified atom stereocenters. The topological polar surface area (TPSA) is 52.0 Å². The van der Waals surface area contributed by atoms with Crippen molar-refractivity contribution in [3.63, 3.8) is 0 Å². The highest BCUT2D eigenvalue weighted by Gasteiger charge is 2.17. The van der Waals surface area contributed by atoms with Gasteiger partial charge in [0.25, 0.3) is 0 Å². The summed E-state index contributed by atoms with van der Waals surface area (Å²) in [6.07, 6.45) is 3.74. The monoisotopic (exact) mass is 406 g/mol. The number of rotatable bonds is 6. The molecule has 0 radical (unpaired) electrons. The second-order valence-corrected chi connectivity index (χ2v) is 7.24. The smallest absolute Gasteiger partial charge is 0.150 e. The number of benzene rings is 3. The van der Waals surface area contributed by atoms with E-state index in [1.54, 1.807) is 13.4 Å². The molecule has 152 valence electrons. The summed E-state index contributed by atoms with van der Waals surface area (Å²) in [7, 11) is 1.67. The van der Waals surface area contributed by atoms with Gasteiger partial charge in [-0.3, -0.25) is 0 Å². The first-order valence-electron chi connectivity index (χ1n) is 10.2. The molecule has 0 bridgehead atoms. The molecule has 0 atom stereocenters. The number of hydrogen-bond acceptors (Lipinski definition) is 4. The highest BCUT2D eigenvalue weighted by Crippen LogP contribution is 2.35. The molecule has 0 amide bonds. The zero-order chi connectivity index (χ0) is 21.0. The van der Waals surface area contributed by atoms with Crippen molar-refractivity contribution in [3.05, 3.63) is 103 Å². The molecule has 5 rings (SSSR count). The van der Waals surface area contributed by atoms with Crippen LogP contribution in [0.25, 0.3) is 27.8 Å². The molecule has 5 nitrogen and oxygen atoms in total. The van der Waals surface area contributed by atoms with E-state index in [0.29, 0.717) is 6.54 Å². The molecule has 5 heteroatoms. The van der Waals surface area contributed by atoms with Gasteiger partial charge in [0, 0.05) is 24.0 Å². The highest BCUT2D eigenvalue weighted by molar-refractivity contribution is 6.02. The summed E-state index contributed by atoms with van der Waals surface area (Å²) in [5.74, 6) is 1.64. The molecule has 0 saturated heterocycles. The Kier molecular flexibility index (Phi) is 5.07. The van der Waals surface area contributed by atoms with Gasteiger partial charge in [-0.25, -0.2) is 9.97 Å². The summed E-state index contributed by atoms with van der Waals surface area (Å²) in [4.78, 5) is 9.23. The third-order valence-corrected chi connectivity index (χ3v) is 5.32. The first-order chi connectivity index (χ1) is 15.3. The van der Waals surface area contributed by atoms with Gasteiger partial charge in [-0.15, -0.1) is 0 Å². The van der Waals surface area contributed by atoms with Crippen molar-refractivity contribution in [1.82, 2.24) is 14.5 Å². The number of methoxy groups -OCH3 is 1. The molecule has 0 aliphatic rings. The standard InChI is InChI=1S/C26H22N4O/c1-31-22-14-12-21(13-15-22)30-17-23(20-10-6-3-7-11-20)24-25(28-18-29-26(24)30)27-16-19-8-4-2-5-9-19/h2-15,17-18H,16H2,1H3,(H,27,28,29). The minimum absolute atomic E-state index is 0.689. The van der Waals surface area contributed by atoms with E-state index in [0.717, 1.165) is 39.4 Å². The molecule has 5 aromatic rings. The van der Waals surface area contributed by atoms with Crippen molar-refractivity contribution in [2.75, 3.05) is 12.4 Å². The van der Waals surface area contributed by atoms with Crippen LogP contribution in [-0.2, 0) is 6.54 Å². The Morgan fingerprint density at radius 2 is 1.55 bits per heavy atom. The largest absolute Gasteiger partial charge is 0.497 e. The quantitative estimate of drug-likeness (QED) is 0.392. The van der Waals surface area contributed by atoms with Crippen LogP contribution in [0.3, 0.4) is 0 Å². The van der Waals surface area contributed by atoms with Crippen LogP contribution in [0.1, 0.15) is 5.56 Å². The predicted molar refractivity (Wildman–Crippen MR) is 125 cm³/mol. The van der Waals surface area contributed by atoms with Crippen LogP contribution < -0.4 is 10.1 Å². The van der Waals surface area contributed by atoms with Crippen molar-refractivity contribution in [2.45, 2.75) is 6.54 Å². The maximum Gasteiger partial charge on any atom is 0.150 e. The summed E-state index contributed by atoms with van der Waals surface area (Å²) >= 11 is 0. The summed E-state index contributed by atoms with van der Waals surface area (Å²) in [5, 5.41) is 4.51. The lowest BCUT2D eigenvalue weighted by molar-refractivity contribution is 0.415. The molecule has 0 fully saturated rings. The summed E-state index contributed by atoms with van der Waals surface area (Å²) in [5.41, 5.74) is 5.28. The van der Waals surface area contributed by atoms with Crippen molar-refractivity contribution in [3.8, 4) is 22.6 Å². The van der Waals surface area contributed by atoms with Gasteiger partial charge in [0.15, 0.2) is 5.65 Å². The minimum atomic E-state index is 0.689. The maximum absolute atomic E-state index is 5.32. The van der Waals surface area contributed by atoms with E-state index >= 15 is 0 Å². The predicted octanol–water partition coefficient (Wildman–Crippen LogP) is 5.71. The number of nitrogens with one attached hydrogen (secondary N) is 1. The molecule has 0 saturated carbocycles. The van der Waals surface area contributed by atoms with Gasteiger partial charge in [0.05, 0.1) is 12.5 Å². The fourth-order valence-electron chi connectivity index (χ4n) is 3.75. The first kappa shape index (κ1) is 18.9. The van der Waals surface area contributed by atoms with Crippen LogP contribution in [0.4, 0.5) is 5.82 Å². The van der Waals surface area contributed by atoms with Gasteiger partial charge in [0.2, 0.25) is 0 Å². The van der Waals surface area contributed by atoms with E-state index in [1.165, 1.54) is 5.56 Å². The van der Waals surface area contributed by atoms with E-state index in [4.69, 9.17) is 4.74 Å². The third kappa shape index (κ3) is 3.73. The second kappa shape index (κ2) is 8.32. The molecule has 0 aliphatic carbocycles. The Morgan fingerprint density at radius 3 is 2.26 bits per heavy atom. The fourth-order valence-corrected chi connectivity index (χ4v) is 3.75. The Bertz CT molecular complexity index is 1300. The molecular formula is C26H22N4O. The van der Waals surface area contributed by atoms with Gasteiger partial charge < -0.3 is 14.6 Å².